The molecule has 9 nitrogen and oxygen atoms in total. The third kappa shape index (κ3) is 6.67. The highest BCUT2D eigenvalue weighted by atomic mass is 35.5. The molecule has 0 fully saturated rings. The highest BCUT2D eigenvalue weighted by Crippen LogP contribution is 2.18. The Hall–Kier alpha value is -2.69. The van der Waals surface area contributed by atoms with E-state index in [0.717, 1.165) is 16.9 Å². The number of hydrazine groups is 1. The zero-order chi connectivity index (χ0) is 18.2. The van der Waals surface area contributed by atoms with E-state index >= 15 is 0 Å². The number of rotatable bonds is 6. The Morgan fingerprint density at radius 1 is 1.23 bits per heavy atom. The predicted octanol–water partition coefficient (Wildman–Crippen LogP) is 1.88. The largest absolute Gasteiger partial charge is 0.448 e. The maximum Gasteiger partial charge on any atom is 0.421 e. The van der Waals surface area contributed by atoms with Crippen molar-refractivity contribution in [1.82, 2.24) is 10.4 Å². The van der Waals surface area contributed by atoms with Crippen molar-refractivity contribution < 1.29 is 23.9 Å². The number of nitrogens with one attached hydrogen (secondary N) is 2. The van der Waals surface area contributed by atoms with Crippen LogP contribution in [0.3, 0.4) is 0 Å². The van der Waals surface area contributed by atoms with Gasteiger partial charge in [-0.3, -0.25) is 10.2 Å². The number of carbonyl (C=O) groups excluding carboxylic acids is 3. The average molecular weight is 401 g/mol. The van der Waals surface area contributed by atoms with Crippen LogP contribution in [-0.2, 0) is 16.0 Å². The number of nitrogens with two attached hydrogens (primary N) is 1. The van der Waals surface area contributed by atoms with Crippen LogP contribution in [0.5, 0.6) is 5.75 Å². The summed E-state index contributed by atoms with van der Waals surface area (Å²) in [6.45, 7) is 1.53. The molecular weight excluding hydrogens is 384 g/mol. The number of anilines is 1. The lowest BCUT2D eigenvalue weighted by atomic mass is 10.1. The second-order valence-electron chi connectivity index (χ2n) is 4.78. The first-order valence-corrected chi connectivity index (χ1v) is 8.03. The number of esters is 1. The van der Waals surface area contributed by atoms with Crippen molar-refractivity contribution >= 4 is 46.8 Å². The lowest BCUT2D eigenvalue weighted by Gasteiger charge is -2.06. The van der Waals surface area contributed by atoms with Gasteiger partial charge >= 0.3 is 12.1 Å². The Balaban J connectivity index is 0.00000338. The van der Waals surface area contributed by atoms with E-state index < -0.39 is 12.1 Å². The maximum absolute atomic E-state index is 12.0. The SMILES string of the molecule is CC(=O)Nc1nc(C(=O)Oc2ccc(CCOC(=O)NN)cc2)cs1.Cl. The van der Waals surface area contributed by atoms with Gasteiger partial charge in [-0.15, -0.1) is 23.7 Å². The predicted molar refractivity (Wildman–Crippen MR) is 97.4 cm³/mol. The van der Waals surface area contributed by atoms with Crippen molar-refractivity contribution in [2.45, 2.75) is 13.3 Å². The van der Waals surface area contributed by atoms with E-state index in [9.17, 15) is 14.4 Å². The molecule has 0 aliphatic heterocycles. The van der Waals surface area contributed by atoms with Crippen molar-refractivity contribution in [3.05, 3.63) is 40.9 Å². The van der Waals surface area contributed by atoms with E-state index in [0.29, 0.717) is 17.3 Å². The molecule has 0 atom stereocenters. The van der Waals surface area contributed by atoms with Crippen LogP contribution in [0.15, 0.2) is 29.6 Å². The molecule has 2 rings (SSSR count). The Morgan fingerprint density at radius 3 is 2.54 bits per heavy atom. The molecule has 0 aliphatic rings. The van der Waals surface area contributed by atoms with Crippen molar-refractivity contribution in [2.24, 2.45) is 5.84 Å². The summed E-state index contributed by atoms with van der Waals surface area (Å²) in [7, 11) is 0. The van der Waals surface area contributed by atoms with Crippen LogP contribution in [0.1, 0.15) is 23.0 Å². The fourth-order valence-electron chi connectivity index (χ4n) is 1.76. The molecule has 140 valence electrons. The zero-order valence-corrected chi connectivity index (χ0v) is 15.3. The van der Waals surface area contributed by atoms with Crippen LogP contribution in [0.2, 0.25) is 0 Å². The zero-order valence-electron chi connectivity index (χ0n) is 13.7. The number of hydrogen-bond acceptors (Lipinski definition) is 8. The van der Waals surface area contributed by atoms with Crippen LogP contribution in [0, 0.1) is 0 Å². The quantitative estimate of drug-likeness (QED) is 0.221. The number of carbonyl (C=O) groups is 3. The Kier molecular flexibility index (Phi) is 8.49. The Morgan fingerprint density at radius 2 is 1.92 bits per heavy atom. The molecule has 1 heterocycles. The standard InChI is InChI=1S/C15H16N4O5S.ClH/c1-9(20)17-14-18-12(8-25-14)13(21)24-11-4-2-10(3-5-11)6-7-23-15(22)19-16;/h2-5,8H,6-7,16H2,1H3,(H,19,22)(H,17,18,20);1H. The van der Waals surface area contributed by atoms with Gasteiger partial charge in [0.1, 0.15) is 5.75 Å². The number of nitrogens with zero attached hydrogens (tertiary/aromatic N) is 1. The molecule has 0 saturated heterocycles. The van der Waals surface area contributed by atoms with Gasteiger partial charge in [-0.2, -0.15) is 0 Å². The van der Waals surface area contributed by atoms with Crippen LogP contribution in [0.25, 0.3) is 0 Å². The van der Waals surface area contributed by atoms with Gasteiger partial charge in [-0.1, -0.05) is 12.1 Å². The summed E-state index contributed by atoms with van der Waals surface area (Å²) in [6, 6.07) is 6.74. The summed E-state index contributed by atoms with van der Waals surface area (Å²) in [5.41, 5.74) is 2.87. The average Bonchev–Trinajstić information content (AvgIpc) is 3.04. The first-order valence-electron chi connectivity index (χ1n) is 7.15. The second-order valence-corrected chi connectivity index (χ2v) is 5.64. The topological polar surface area (TPSA) is 133 Å². The summed E-state index contributed by atoms with van der Waals surface area (Å²) >= 11 is 1.13. The monoisotopic (exact) mass is 400 g/mol. The first kappa shape index (κ1) is 21.4. The number of benzene rings is 1. The van der Waals surface area contributed by atoms with E-state index in [2.05, 4.69) is 10.3 Å². The van der Waals surface area contributed by atoms with Crippen molar-refractivity contribution in [3.8, 4) is 5.75 Å². The van der Waals surface area contributed by atoms with Crippen LogP contribution in [0.4, 0.5) is 9.93 Å². The minimum atomic E-state index is -0.701. The third-order valence-electron chi connectivity index (χ3n) is 2.87. The van der Waals surface area contributed by atoms with Crippen molar-refractivity contribution in [2.75, 3.05) is 11.9 Å². The number of aromatic nitrogens is 1. The van der Waals surface area contributed by atoms with Gasteiger partial charge in [0.05, 0.1) is 6.61 Å². The highest BCUT2D eigenvalue weighted by molar-refractivity contribution is 7.14. The fourth-order valence-corrected chi connectivity index (χ4v) is 2.49. The summed E-state index contributed by atoms with van der Waals surface area (Å²) in [6.07, 6.45) is -0.208. The summed E-state index contributed by atoms with van der Waals surface area (Å²) in [5, 5.41) is 4.33. The normalized spacial score (nSPS) is 9.62. The van der Waals surface area contributed by atoms with E-state index in [4.69, 9.17) is 15.3 Å². The van der Waals surface area contributed by atoms with Crippen LogP contribution < -0.4 is 21.3 Å². The minimum Gasteiger partial charge on any atom is -0.448 e. The number of ether oxygens (including phenoxy) is 2. The summed E-state index contributed by atoms with van der Waals surface area (Å²) in [4.78, 5) is 37.8. The molecule has 4 N–H and O–H groups in total. The molecule has 0 spiro atoms. The molecule has 0 bridgehead atoms. The number of thiazole rings is 1. The molecule has 0 saturated carbocycles. The van der Waals surface area contributed by atoms with E-state index in [1.165, 1.54) is 12.3 Å². The van der Waals surface area contributed by atoms with Gasteiger partial charge in [0.2, 0.25) is 5.91 Å². The fraction of sp³-hybridized carbons (Fsp3) is 0.200. The van der Waals surface area contributed by atoms with E-state index in [1.54, 1.807) is 24.3 Å². The van der Waals surface area contributed by atoms with Gasteiger partial charge in [0.15, 0.2) is 10.8 Å². The van der Waals surface area contributed by atoms with Gasteiger partial charge in [0.25, 0.3) is 0 Å². The van der Waals surface area contributed by atoms with Crippen molar-refractivity contribution in [3.63, 3.8) is 0 Å². The Bertz CT molecular complexity index is 766. The molecular formula is C15H17ClN4O5S. The van der Waals surface area contributed by atoms with Gasteiger partial charge in [0, 0.05) is 18.7 Å². The highest BCUT2D eigenvalue weighted by Gasteiger charge is 2.14. The van der Waals surface area contributed by atoms with E-state index in [1.807, 2.05) is 5.43 Å². The molecule has 2 amide bonds. The molecule has 1 aromatic carbocycles. The molecule has 0 aliphatic carbocycles. The smallest absolute Gasteiger partial charge is 0.421 e. The molecule has 11 heteroatoms. The lowest BCUT2D eigenvalue weighted by Crippen LogP contribution is -2.31. The summed E-state index contributed by atoms with van der Waals surface area (Å²) < 4.78 is 9.99. The van der Waals surface area contributed by atoms with Crippen molar-refractivity contribution in [1.29, 1.82) is 0 Å². The van der Waals surface area contributed by atoms with E-state index in [-0.39, 0.29) is 30.6 Å². The van der Waals surface area contributed by atoms with Gasteiger partial charge < -0.3 is 14.8 Å². The summed E-state index contributed by atoms with van der Waals surface area (Å²) in [5.74, 6) is 4.36. The number of halogens is 1. The van der Waals surface area contributed by atoms with Crippen LogP contribution in [-0.4, -0.2) is 29.6 Å². The Labute approximate surface area is 159 Å². The molecule has 0 unspecified atom stereocenters. The number of hydrogen-bond donors (Lipinski definition) is 3. The number of amides is 2. The molecule has 0 radical (unpaired) electrons. The third-order valence-corrected chi connectivity index (χ3v) is 3.63. The molecule has 26 heavy (non-hydrogen) atoms. The maximum atomic E-state index is 12.0. The first-order chi connectivity index (χ1) is 12.0. The molecule has 2 aromatic rings. The van der Waals surface area contributed by atoms with Crippen LogP contribution >= 0.6 is 23.7 Å². The minimum absolute atomic E-state index is 0. The van der Waals surface area contributed by atoms with Gasteiger partial charge in [-0.25, -0.2) is 20.4 Å². The second kappa shape index (κ2) is 10.3. The van der Waals surface area contributed by atoms with Gasteiger partial charge in [-0.05, 0) is 17.7 Å². The molecule has 1 aromatic heterocycles. The lowest BCUT2D eigenvalue weighted by molar-refractivity contribution is -0.114.